The topological polar surface area (TPSA) is 270 Å². The van der Waals surface area contributed by atoms with E-state index in [4.69, 9.17) is 33.6 Å². The molecule has 12 aromatic carbocycles. The highest BCUT2D eigenvalue weighted by Crippen LogP contribution is 2.39. The molecule has 0 aliphatic carbocycles. The van der Waals surface area contributed by atoms with Gasteiger partial charge in [0.2, 0.25) is 0 Å². The van der Waals surface area contributed by atoms with E-state index in [-0.39, 0.29) is 34.8 Å². The molecule has 1 aliphatic heterocycles. The van der Waals surface area contributed by atoms with Gasteiger partial charge >= 0.3 is 23.9 Å². The normalized spacial score (nSPS) is 13.3. The molecule has 1 saturated heterocycles. The van der Waals surface area contributed by atoms with Crippen molar-refractivity contribution in [1.82, 2.24) is 18.3 Å². The second-order valence-corrected chi connectivity index (χ2v) is 34.0. The highest BCUT2D eigenvalue weighted by Gasteiger charge is 2.34. The van der Waals surface area contributed by atoms with Gasteiger partial charge in [-0.25, -0.2) is 23.6 Å². The van der Waals surface area contributed by atoms with Gasteiger partial charge in [-0.1, -0.05) is 99.0 Å². The zero-order chi connectivity index (χ0) is 96.7. The number of aryl methyl sites for hydroxylation is 9. The van der Waals surface area contributed by atoms with E-state index in [9.17, 15) is 42.7 Å². The smallest absolute Gasteiger partial charge is 0.331 e. The molecule has 4 aromatic heterocycles. The third kappa shape index (κ3) is 20.7. The molecule has 0 saturated carbocycles. The summed E-state index contributed by atoms with van der Waals surface area (Å²) in [5.41, 5.74) is 23.6. The fourth-order valence-corrected chi connectivity index (χ4v) is 17.6. The summed E-state index contributed by atoms with van der Waals surface area (Å²) in [5.74, 6) is -2.68. The number of halogens is 1. The van der Waals surface area contributed by atoms with E-state index in [0.29, 0.717) is 75.2 Å². The minimum Gasteiger partial charge on any atom is -0.491 e. The van der Waals surface area contributed by atoms with Gasteiger partial charge in [0, 0.05) is 180 Å². The van der Waals surface area contributed by atoms with Gasteiger partial charge < -0.3 is 51.8 Å². The number of nitrogens with zero attached hydrogens (tertiary/aromatic N) is 8. The maximum Gasteiger partial charge on any atom is 0.331 e. The van der Waals surface area contributed by atoms with Crippen LogP contribution in [0.1, 0.15) is 211 Å². The maximum atomic E-state index is 14.1. The first kappa shape index (κ1) is 95.8. The Balaban J connectivity index is 0.000000145. The van der Waals surface area contributed by atoms with Gasteiger partial charge in [0.05, 0.1) is 35.0 Å². The quantitative estimate of drug-likeness (QED) is 0.0249. The van der Waals surface area contributed by atoms with Crippen LogP contribution in [0.5, 0.6) is 5.75 Å². The van der Waals surface area contributed by atoms with Gasteiger partial charge in [-0.05, 0) is 300 Å². The van der Waals surface area contributed by atoms with Crippen LogP contribution in [0.25, 0.3) is 87.2 Å². The minimum atomic E-state index is -0.595. The average molecular weight is 1810 g/mol. The van der Waals surface area contributed by atoms with Gasteiger partial charge in [0.25, 0.3) is 0 Å². The van der Waals surface area contributed by atoms with Gasteiger partial charge in [0.15, 0.2) is 28.9 Å². The molecule has 24 heteroatoms. The van der Waals surface area contributed by atoms with Crippen molar-refractivity contribution >= 4 is 157 Å². The predicted molar refractivity (Wildman–Crippen MR) is 530 cm³/mol. The summed E-state index contributed by atoms with van der Waals surface area (Å²) in [5, 5.41) is 23.5. The number of rotatable bonds is 23. The molecule has 0 spiro atoms. The first-order valence-corrected chi connectivity index (χ1v) is 44.8. The van der Waals surface area contributed by atoms with E-state index in [0.717, 1.165) is 169 Å². The maximum absolute atomic E-state index is 14.1. The molecular weight excluding hydrogens is 1700 g/mol. The Bertz CT molecular complexity index is 7380. The molecule has 135 heavy (non-hydrogen) atoms. The number of hydrogen-bond acceptors (Lipinski definition) is 19. The van der Waals surface area contributed by atoms with Crippen LogP contribution in [-0.2, 0) is 74.2 Å². The first-order chi connectivity index (χ1) is 64.6. The van der Waals surface area contributed by atoms with Crippen molar-refractivity contribution in [3.05, 3.63) is 325 Å². The SMILES string of the molecule is CCn1c2ccc(C(=O)c3c(C)cc(C)cc3C)cc2c2cc(/C(C)=N\OC(C)=O)ccc21.CCn1c2ccc(C(=O)c3ccc(OCC4COC(C)(C)O4)cc3C)cc2c2cc(/C(C)=N\OC(C)=O)ccc21.CCn1c2ccc(C(=O)c3ccccc3C)cc2c2cc(/C(C)=N\OC(C)=O)ccc21.CCn1c2ccc(C(=O)c3ccccc3F)cc2c2cc(/C(C)=N\OC(C)=O)ccc21. The Hall–Kier alpha value is -15.3. The highest BCUT2D eigenvalue weighted by molar-refractivity contribution is 6.21. The van der Waals surface area contributed by atoms with E-state index < -0.39 is 35.5 Å². The van der Waals surface area contributed by atoms with Crippen LogP contribution in [0.2, 0.25) is 0 Å². The van der Waals surface area contributed by atoms with Crippen LogP contribution in [-0.4, -0.2) is 113 Å². The van der Waals surface area contributed by atoms with Crippen LogP contribution >= 0.6 is 0 Å². The second-order valence-electron chi connectivity index (χ2n) is 34.0. The third-order valence-corrected chi connectivity index (χ3v) is 24.0. The molecule has 0 bridgehead atoms. The Morgan fingerprint density at radius 3 is 0.926 bits per heavy atom. The number of fused-ring (bicyclic) bond motifs is 12. The summed E-state index contributed by atoms with van der Waals surface area (Å²) in [4.78, 5) is 117. The molecular formula is C111H107FN8O15. The van der Waals surface area contributed by atoms with Crippen molar-refractivity contribution in [2.24, 2.45) is 20.6 Å². The van der Waals surface area contributed by atoms with Crippen molar-refractivity contribution in [3.63, 3.8) is 0 Å². The number of ether oxygens (including phenoxy) is 3. The number of ketones is 4. The predicted octanol–water partition coefficient (Wildman–Crippen LogP) is 23.5. The average Bonchev–Trinajstić information content (AvgIpc) is 1.61. The molecule has 688 valence electrons. The molecule has 23 nitrogen and oxygen atoms in total. The monoisotopic (exact) mass is 1810 g/mol. The zero-order valence-electron chi connectivity index (χ0n) is 79.3. The second kappa shape index (κ2) is 40.8. The minimum absolute atomic E-state index is 0.0150. The fourth-order valence-electron chi connectivity index (χ4n) is 17.6. The van der Waals surface area contributed by atoms with E-state index >= 15 is 0 Å². The Morgan fingerprint density at radius 2 is 0.630 bits per heavy atom. The lowest BCUT2D eigenvalue weighted by Gasteiger charge is -2.17. The van der Waals surface area contributed by atoms with E-state index in [2.05, 4.69) is 84.8 Å². The lowest BCUT2D eigenvalue weighted by molar-refractivity contribution is -0.141. The van der Waals surface area contributed by atoms with Crippen LogP contribution in [0.4, 0.5) is 4.39 Å². The molecule has 0 amide bonds. The molecule has 17 rings (SSSR count). The number of hydrogen-bond donors (Lipinski definition) is 0. The van der Waals surface area contributed by atoms with Crippen molar-refractivity contribution in [2.75, 3.05) is 13.2 Å². The summed E-state index contributed by atoms with van der Waals surface area (Å²) in [7, 11) is 0. The van der Waals surface area contributed by atoms with Crippen LogP contribution in [0.15, 0.2) is 245 Å². The van der Waals surface area contributed by atoms with Crippen LogP contribution in [0.3, 0.4) is 0 Å². The Kier molecular flexibility index (Phi) is 29.0. The summed E-state index contributed by atoms with van der Waals surface area (Å²) in [6.45, 7) is 38.5. The molecule has 1 aliphatic rings. The standard InChI is InChI=1S/C32H34N2O6.C28H28N2O3.C26H24N2O3.C25H21FN2O3/c1-7-34-29-12-8-22(20(3)33-40-21(4)35)15-27(29)28-16-23(9-13-30(28)34)31(36)26-11-10-24(14-19(26)2)37-17-25-18-38-32(5,6)39-25;1-7-30-25-10-8-21(19(5)29-33-20(6)31)14-23(25)24-15-22(9-11-26(24)30)28(32)27-17(3)12-16(2)13-18(27)4;1-5-28-24-12-10-19(17(3)27-31-18(4)29)14-22(24)23-15-20(11-13-25(23)28)26(30)21-9-7-6-8-16(21)2;1-4-28-23-11-9-17(15(2)27-31-16(3)29)13-20(23)21-14-18(10-12-24(21)28)25(30)19-7-5-6-8-22(19)26/h8-16,25H,7,17-18H2,1-6H3;8-15H,7H2,1-6H3;6-15H,5H2,1-4H3;5-14H,4H2,1-3H3/b33-20-;29-19-;27-17-;27-15-. The zero-order valence-corrected chi connectivity index (χ0v) is 79.3. The van der Waals surface area contributed by atoms with Gasteiger partial charge in [0.1, 0.15) is 24.3 Å². The van der Waals surface area contributed by atoms with Gasteiger partial charge in [-0.2, -0.15) is 0 Å². The van der Waals surface area contributed by atoms with Gasteiger partial charge in [-0.15, -0.1) is 0 Å². The molecule has 0 radical (unpaired) electrons. The van der Waals surface area contributed by atoms with E-state index in [1.807, 2.05) is 218 Å². The molecule has 16 aromatic rings. The van der Waals surface area contributed by atoms with Crippen LogP contribution in [0, 0.1) is 40.4 Å². The van der Waals surface area contributed by atoms with Crippen molar-refractivity contribution in [3.8, 4) is 5.75 Å². The number of benzene rings is 12. The van der Waals surface area contributed by atoms with E-state index in [1.54, 1.807) is 52.0 Å². The molecule has 5 heterocycles. The van der Waals surface area contributed by atoms with Crippen molar-refractivity contribution in [1.29, 1.82) is 0 Å². The molecule has 1 unspecified atom stereocenters. The summed E-state index contributed by atoms with van der Waals surface area (Å²) in [6.07, 6.45) is -0.133. The first-order valence-electron chi connectivity index (χ1n) is 44.8. The van der Waals surface area contributed by atoms with Crippen molar-refractivity contribution in [2.45, 2.75) is 170 Å². The Labute approximate surface area is 781 Å². The highest BCUT2D eigenvalue weighted by atomic mass is 19.1. The lowest BCUT2D eigenvalue weighted by atomic mass is 9.92. The van der Waals surface area contributed by atoms with Crippen LogP contribution < -0.4 is 4.74 Å². The van der Waals surface area contributed by atoms with Gasteiger partial charge in [-0.3, -0.25) is 19.2 Å². The van der Waals surface area contributed by atoms with Crippen molar-refractivity contribution < 1.29 is 76.3 Å². The Morgan fingerprint density at radius 1 is 0.341 bits per heavy atom. The largest absolute Gasteiger partial charge is 0.491 e. The fraction of sp³-hybridized carbons (Fsp3) is 0.243. The summed E-state index contributed by atoms with van der Waals surface area (Å²) >= 11 is 0. The molecule has 0 N–H and O–H groups in total. The summed E-state index contributed by atoms with van der Waals surface area (Å²) < 4.78 is 40.3. The molecule has 1 atom stereocenters. The molecule has 1 fully saturated rings. The summed E-state index contributed by atoms with van der Waals surface area (Å²) in [6, 6.07) is 70.4. The van der Waals surface area contributed by atoms with E-state index in [1.165, 1.54) is 39.8 Å². The third-order valence-electron chi connectivity index (χ3n) is 24.0. The number of carbonyl (C=O) groups is 8. The number of aromatic nitrogens is 4. The number of oxime groups is 4. The lowest BCUT2D eigenvalue weighted by Crippen LogP contribution is -2.25. The number of carbonyl (C=O) groups excluding carboxylic acids is 8.